The first-order valence-corrected chi connectivity index (χ1v) is 7.82. The lowest BCUT2D eigenvalue weighted by Crippen LogP contribution is -2.32. The first kappa shape index (κ1) is 16.8. The maximum absolute atomic E-state index is 12.5. The third-order valence-corrected chi connectivity index (χ3v) is 4.42. The average molecular weight is 342 g/mol. The van der Waals surface area contributed by atoms with Gasteiger partial charge in [0.15, 0.2) is 0 Å². The third-order valence-electron chi connectivity index (χ3n) is 4.42. The van der Waals surface area contributed by atoms with Crippen molar-refractivity contribution in [1.82, 2.24) is 4.57 Å². The summed E-state index contributed by atoms with van der Waals surface area (Å²) in [6.07, 6.45) is 1.67. The molecule has 7 heteroatoms. The summed E-state index contributed by atoms with van der Waals surface area (Å²) >= 11 is 0. The minimum absolute atomic E-state index is 0.125. The van der Waals surface area contributed by atoms with Crippen LogP contribution < -0.4 is 15.2 Å². The molecular weight excluding hydrogens is 324 g/mol. The van der Waals surface area contributed by atoms with Crippen LogP contribution in [-0.2, 0) is 4.79 Å². The Labute approximate surface area is 144 Å². The Kier molecular flexibility index (Phi) is 4.31. The minimum atomic E-state index is -1.26. The van der Waals surface area contributed by atoms with Crippen LogP contribution >= 0.6 is 0 Å². The highest BCUT2D eigenvalue weighted by Gasteiger charge is 2.34. The van der Waals surface area contributed by atoms with Crippen molar-refractivity contribution in [3.63, 3.8) is 0 Å². The van der Waals surface area contributed by atoms with Gasteiger partial charge in [-0.3, -0.25) is 9.59 Å². The number of aromatic nitrogens is 1. The predicted molar refractivity (Wildman–Crippen MR) is 91.4 cm³/mol. The van der Waals surface area contributed by atoms with E-state index in [0.717, 1.165) is 0 Å². The number of ether oxygens (including phenoxy) is 1. The smallest absolute Gasteiger partial charge is 0.341 e. The molecule has 1 aromatic heterocycles. The molecule has 3 rings (SSSR count). The van der Waals surface area contributed by atoms with E-state index in [0.29, 0.717) is 17.0 Å². The number of amides is 1. The van der Waals surface area contributed by atoms with Crippen LogP contribution in [0.1, 0.15) is 28.4 Å². The molecule has 1 unspecified atom stereocenters. The van der Waals surface area contributed by atoms with Gasteiger partial charge in [0.05, 0.1) is 18.8 Å². The van der Waals surface area contributed by atoms with Crippen LogP contribution in [0.15, 0.2) is 41.3 Å². The number of hydrogen-bond acceptors (Lipinski definition) is 4. The number of aromatic carboxylic acids is 1. The summed E-state index contributed by atoms with van der Waals surface area (Å²) in [5.41, 5.74) is 0.189. The number of para-hydroxylation sites is 2. The number of nitrogens with zero attached hydrogens (tertiary/aromatic N) is 2. The van der Waals surface area contributed by atoms with Crippen LogP contribution in [0.25, 0.3) is 0 Å². The van der Waals surface area contributed by atoms with Gasteiger partial charge in [-0.2, -0.15) is 0 Å². The van der Waals surface area contributed by atoms with Gasteiger partial charge in [0, 0.05) is 19.2 Å². The van der Waals surface area contributed by atoms with E-state index in [9.17, 15) is 19.5 Å². The zero-order chi connectivity index (χ0) is 18.1. The van der Waals surface area contributed by atoms with Gasteiger partial charge in [0.2, 0.25) is 5.91 Å². The summed E-state index contributed by atoms with van der Waals surface area (Å²) in [6.45, 7) is 1.86. The van der Waals surface area contributed by atoms with E-state index in [-0.39, 0.29) is 24.4 Å². The van der Waals surface area contributed by atoms with Crippen LogP contribution in [-0.4, -0.2) is 35.2 Å². The molecule has 25 heavy (non-hydrogen) atoms. The normalized spacial score (nSPS) is 17.0. The van der Waals surface area contributed by atoms with E-state index in [1.165, 1.54) is 11.7 Å². The monoisotopic (exact) mass is 342 g/mol. The van der Waals surface area contributed by atoms with Crippen LogP contribution in [0.4, 0.5) is 5.69 Å². The highest BCUT2D eigenvalue weighted by Crippen LogP contribution is 2.33. The standard InChI is InChI=1S/C18H18N2O5/c1-11-7-8-19(17(22)16(11)18(23)24)12-9-15(21)20(10-12)13-5-3-4-6-14(13)25-2/h3-8,12H,9-10H2,1-2H3,(H,23,24). The summed E-state index contributed by atoms with van der Waals surface area (Å²) in [6, 6.07) is 8.31. The molecule has 2 aromatic rings. The van der Waals surface area contributed by atoms with Gasteiger partial charge in [-0.15, -0.1) is 0 Å². The van der Waals surface area contributed by atoms with Crippen molar-refractivity contribution in [1.29, 1.82) is 0 Å². The summed E-state index contributed by atoms with van der Waals surface area (Å²) in [5, 5.41) is 9.26. The Morgan fingerprint density at radius 1 is 1.24 bits per heavy atom. The molecule has 0 bridgehead atoms. The lowest BCUT2D eigenvalue weighted by atomic mass is 10.1. The molecule has 0 aliphatic carbocycles. The Bertz CT molecular complexity index is 903. The molecule has 1 saturated heterocycles. The summed E-state index contributed by atoms with van der Waals surface area (Å²) in [5.74, 6) is -0.833. The fraction of sp³-hybridized carbons (Fsp3) is 0.278. The average Bonchev–Trinajstić information content (AvgIpc) is 2.96. The lowest BCUT2D eigenvalue weighted by molar-refractivity contribution is -0.117. The van der Waals surface area contributed by atoms with E-state index in [4.69, 9.17) is 4.74 Å². The Hall–Kier alpha value is -3.09. The molecule has 1 amide bonds. The van der Waals surface area contributed by atoms with Gasteiger partial charge < -0.3 is 19.3 Å². The molecule has 0 saturated carbocycles. The van der Waals surface area contributed by atoms with Crippen molar-refractivity contribution in [2.75, 3.05) is 18.6 Å². The van der Waals surface area contributed by atoms with Gasteiger partial charge in [0.25, 0.3) is 5.56 Å². The number of rotatable bonds is 4. The molecule has 0 spiro atoms. The van der Waals surface area contributed by atoms with Crippen molar-refractivity contribution < 1.29 is 19.4 Å². The zero-order valence-electron chi connectivity index (χ0n) is 13.9. The van der Waals surface area contributed by atoms with Gasteiger partial charge in [0.1, 0.15) is 11.3 Å². The SMILES string of the molecule is COc1ccccc1N1CC(n2ccc(C)c(C(=O)O)c2=O)CC1=O. The van der Waals surface area contributed by atoms with E-state index in [2.05, 4.69) is 0 Å². The van der Waals surface area contributed by atoms with Crippen molar-refractivity contribution in [3.05, 3.63) is 58.0 Å². The van der Waals surface area contributed by atoms with Crippen molar-refractivity contribution in [2.24, 2.45) is 0 Å². The molecular formula is C18H18N2O5. The van der Waals surface area contributed by atoms with Crippen molar-refractivity contribution >= 4 is 17.6 Å². The van der Waals surface area contributed by atoms with E-state index in [1.807, 2.05) is 6.07 Å². The zero-order valence-corrected chi connectivity index (χ0v) is 13.9. The second-order valence-corrected chi connectivity index (χ2v) is 5.93. The number of benzene rings is 1. The fourth-order valence-corrected chi connectivity index (χ4v) is 3.15. The maximum atomic E-state index is 12.5. The Morgan fingerprint density at radius 2 is 1.96 bits per heavy atom. The molecule has 0 radical (unpaired) electrons. The summed E-state index contributed by atoms with van der Waals surface area (Å²) in [7, 11) is 1.53. The number of methoxy groups -OCH3 is 1. The predicted octanol–water partition coefficient (Wildman–Crippen LogP) is 1.84. The molecule has 7 nitrogen and oxygen atoms in total. The summed E-state index contributed by atoms with van der Waals surface area (Å²) < 4.78 is 6.63. The number of pyridine rings is 1. The van der Waals surface area contributed by atoms with Gasteiger partial charge in [-0.05, 0) is 30.7 Å². The minimum Gasteiger partial charge on any atom is -0.495 e. The number of aryl methyl sites for hydroxylation is 1. The van der Waals surface area contributed by atoms with Crippen LogP contribution in [0.2, 0.25) is 0 Å². The Balaban J connectivity index is 1.98. The van der Waals surface area contributed by atoms with E-state index in [1.54, 1.807) is 42.3 Å². The molecule has 2 heterocycles. The topological polar surface area (TPSA) is 88.8 Å². The largest absolute Gasteiger partial charge is 0.495 e. The fourth-order valence-electron chi connectivity index (χ4n) is 3.15. The maximum Gasteiger partial charge on any atom is 0.341 e. The van der Waals surface area contributed by atoms with E-state index >= 15 is 0 Å². The second kappa shape index (κ2) is 6.43. The van der Waals surface area contributed by atoms with Gasteiger partial charge in [-0.1, -0.05) is 12.1 Å². The van der Waals surface area contributed by atoms with Crippen LogP contribution in [0, 0.1) is 6.92 Å². The third kappa shape index (κ3) is 2.88. The second-order valence-electron chi connectivity index (χ2n) is 5.93. The number of carbonyl (C=O) groups excluding carboxylic acids is 1. The Morgan fingerprint density at radius 3 is 2.64 bits per heavy atom. The first-order valence-electron chi connectivity index (χ1n) is 7.82. The lowest BCUT2D eigenvalue weighted by Gasteiger charge is -2.20. The molecule has 1 aromatic carbocycles. The summed E-state index contributed by atoms with van der Waals surface area (Å²) in [4.78, 5) is 37.9. The highest BCUT2D eigenvalue weighted by molar-refractivity contribution is 5.97. The molecule has 1 fully saturated rings. The van der Waals surface area contributed by atoms with Crippen molar-refractivity contribution in [3.8, 4) is 5.75 Å². The number of carboxylic acids is 1. The van der Waals surface area contributed by atoms with Gasteiger partial charge >= 0.3 is 5.97 Å². The first-order chi connectivity index (χ1) is 11.9. The number of carbonyl (C=O) groups is 2. The number of anilines is 1. The molecule has 1 N–H and O–H groups in total. The highest BCUT2D eigenvalue weighted by atomic mass is 16.5. The van der Waals surface area contributed by atoms with Crippen LogP contribution in [0.5, 0.6) is 5.75 Å². The van der Waals surface area contributed by atoms with Crippen LogP contribution in [0.3, 0.4) is 0 Å². The number of hydrogen-bond donors (Lipinski definition) is 1. The quantitative estimate of drug-likeness (QED) is 0.916. The number of carboxylic acid groups (broad SMARTS) is 1. The van der Waals surface area contributed by atoms with Crippen molar-refractivity contribution in [2.45, 2.75) is 19.4 Å². The molecule has 1 atom stereocenters. The molecule has 1 aliphatic heterocycles. The van der Waals surface area contributed by atoms with Gasteiger partial charge in [-0.25, -0.2) is 4.79 Å². The molecule has 130 valence electrons. The van der Waals surface area contributed by atoms with E-state index < -0.39 is 17.6 Å². The molecule has 1 aliphatic rings.